The van der Waals surface area contributed by atoms with Crippen LogP contribution in [0.15, 0.2) is 0 Å². The second-order valence-corrected chi connectivity index (χ2v) is 1.54. The van der Waals surface area contributed by atoms with Crippen molar-refractivity contribution < 1.29 is 4.79 Å². The van der Waals surface area contributed by atoms with Gasteiger partial charge in [-0.15, -0.1) is 0 Å². The van der Waals surface area contributed by atoms with Gasteiger partial charge in [0.2, 0.25) is 5.91 Å². The molecule has 52 valence electrons. The van der Waals surface area contributed by atoms with Crippen molar-refractivity contribution in [3.63, 3.8) is 0 Å². The second kappa shape index (κ2) is 5.24. The first kappa shape index (κ1) is 8.10. The molecule has 0 aliphatic rings. The average Bonchev–Trinajstić information content (AvgIpc) is 1.85. The van der Waals surface area contributed by atoms with Crippen LogP contribution in [0.5, 0.6) is 0 Å². The molecule has 4 heteroatoms. The molecule has 0 aliphatic carbocycles. The monoisotopic (exact) mass is 129 g/mol. The molecule has 3 N–H and O–H groups in total. The van der Waals surface area contributed by atoms with Gasteiger partial charge in [-0.2, -0.15) is 0 Å². The third kappa shape index (κ3) is 4.96. The molecule has 0 radical (unpaired) electrons. The van der Waals surface area contributed by atoms with Gasteiger partial charge in [-0.1, -0.05) is 0 Å². The summed E-state index contributed by atoms with van der Waals surface area (Å²) in [6, 6.07) is 0. The Morgan fingerprint density at radius 2 is 2.44 bits per heavy atom. The fourth-order valence-corrected chi connectivity index (χ4v) is 0.405. The second-order valence-electron chi connectivity index (χ2n) is 1.54. The first-order valence-corrected chi connectivity index (χ1v) is 2.75. The molecule has 0 saturated heterocycles. The van der Waals surface area contributed by atoms with Crippen LogP contribution in [0.4, 0.5) is 0 Å². The number of hydrogen-bond donors (Lipinski definition) is 3. The van der Waals surface area contributed by atoms with E-state index in [1.165, 1.54) is 6.21 Å². The van der Waals surface area contributed by atoms with Crippen molar-refractivity contribution >= 4 is 12.1 Å². The minimum atomic E-state index is -0.0824. The number of carbonyl (C=O) groups is 1. The summed E-state index contributed by atoms with van der Waals surface area (Å²) in [7, 11) is 1.63. The molecule has 9 heavy (non-hydrogen) atoms. The average molecular weight is 129 g/mol. The first-order chi connectivity index (χ1) is 4.31. The molecule has 0 rings (SSSR count). The highest BCUT2D eigenvalue weighted by Crippen LogP contribution is 1.81. The number of nitrogens with one attached hydrogen (secondary N) is 3. The quantitative estimate of drug-likeness (QED) is 0.359. The topological polar surface area (TPSA) is 65.0 Å². The van der Waals surface area contributed by atoms with E-state index in [0.29, 0.717) is 12.8 Å². The molecule has 0 bridgehead atoms. The molecule has 0 aliphatic heterocycles. The lowest BCUT2D eigenvalue weighted by Gasteiger charge is -1.98. The third-order valence-electron chi connectivity index (χ3n) is 0.780. The molecule has 0 aromatic rings. The Kier molecular flexibility index (Phi) is 4.72. The fourth-order valence-electron chi connectivity index (χ4n) is 0.405. The van der Waals surface area contributed by atoms with Crippen LogP contribution < -0.4 is 10.9 Å². The smallest absolute Gasteiger partial charge is 0.234 e. The van der Waals surface area contributed by atoms with Crippen molar-refractivity contribution in [2.75, 3.05) is 7.05 Å². The van der Waals surface area contributed by atoms with Crippen LogP contribution in [0.2, 0.25) is 0 Å². The van der Waals surface area contributed by atoms with Gasteiger partial charge in [-0.05, 0) is 12.6 Å². The molecule has 0 aromatic carbocycles. The van der Waals surface area contributed by atoms with Crippen LogP contribution in [0, 0.1) is 5.41 Å². The molecule has 0 heterocycles. The Morgan fingerprint density at radius 3 is 2.89 bits per heavy atom. The Labute approximate surface area is 54.1 Å². The first-order valence-electron chi connectivity index (χ1n) is 2.75. The van der Waals surface area contributed by atoms with Crippen LogP contribution in [-0.4, -0.2) is 19.2 Å². The zero-order chi connectivity index (χ0) is 7.11. The molecule has 0 spiro atoms. The van der Waals surface area contributed by atoms with Gasteiger partial charge in [0.25, 0.3) is 0 Å². The third-order valence-corrected chi connectivity index (χ3v) is 0.780. The summed E-state index contributed by atoms with van der Waals surface area (Å²) < 4.78 is 0. The van der Waals surface area contributed by atoms with E-state index < -0.39 is 0 Å². The predicted octanol–water partition coefficient (Wildman–Crippen LogP) is -0.333. The van der Waals surface area contributed by atoms with Gasteiger partial charge in [0.15, 0.2) is 0 Å². The van der Waals surface area contributed by atoms with Gasteiger partial charge in [-0.25, -0.2) is 5.43 Å². The van der Waals surface area contributed by atoms with E-state index in [1.54, 1.807) is 7.05 Å². The highest BCUT2D eigenvalue weighted by Gasteiger charge is 1.94. The molecule has 1 amide bonds. The van der Waals surface area contributed by atoms with Crippen molar-refractivity contribution in [1.29, 1.82) is 5.41 Å². The summed E-state index contributed by atoms with van der Waals surface area (Å²) >= 11 is 0. The van der Waals surface area contributed by atoms with Crippen molar-refractivity contribution in [2.24, 2.45) is 0 Å². The number of hydrazine groups is 1. The van der Waals surface area contributed by atoms with Crippen molar-refractivity contribution in [2.45, 2.75) is 12.8 Å². The van der Waals surface area contributed by atoms with Crippen molar-refractivity contribution in [3.8, 4) is 0 Å². The molecular weight excluding hydrogens is 118 g/mol. The lowest BCUT2D eigenvalue weighted by molar-refractivity contribution is -0.121. The van der Waals surface area contributed by atoms with Crippen LogP contribution in [-0.2, 0) is 4.79 Å². The summed E-state index contributed by atoms with van der Waals surface area (Å²) in [5, 5.41) is 6.60. The SMILES string of the molecule is CNNC(=O)CCC=N. The van der Waals surface area contributed by atoms with Crippen molar-refractivity contribution in [1.82, 2.24) is 10.9 Å². The fraction of sp³-hybridized carbons (Fsp3) is 0.600. The van der Waals surface area contributed by atoms with E-state index in [1.807, 2.05) is 0 Å². The molecule has 0 fully saturated rings. The number of hydrogen-bond acceptors (Lipinski definition) is 3. The molecule has 0 aromatic heterocycles. The summed E-state index contributed by atoms with van der Waals surface area (Å²) in [4.78, 5) is 10.5. The van der Waals surface area contributed by atoms with E-state index in [0.717, 1.165) is 0 Å². The normalized spacial score (nSPS) is 8.56. The summed E-state index contributed by atoms with van der Waals surface area (Å²) in [6.07, 6.45) is 2.10. The van der Waals surface area contributed by atoms with Crippen LogP contribution in [0.25, 0.3) is 0 Å². The Balaban J connectivity index is 3.16. The Hall–Kier alpha value is -0.900. The van der Waals surface area contributed by atoms with E-state index in [9.17, 15) is 4.79 Å². The van der Waals surface area contributed by atoms with Crippen LogP contribution >= 0.6 is 0 Å². The number of amides is 1. The molecule has 0 saturated carbocycles. The largest absolute Gasteiger partial charge is 0.313 e. The van der Waals surface area contributed by atoms with Gasteiger partial charge in [0, 0.05) is 13.5 Å². The van der Waals surface area contributed by atoms with Gasteiger partial charge < -0.3 is 5.41 Å². The maximum Gasteiger partial charge on any atom is 0.234 e. The summed E-state index contributed by atoms with van der Waals surface area (Å²) in [5.41, 5.74) is 4.89. The zero-order valence-electron chi connectivity index (χ0n) is 5.40. The van der Waals surface area contributed by atoms with Gasteiger partial charge in [-0.3, -0.25) is 10.2 Å². The lowest BCUT2D eigenvalue weighted by atomic mass is 10.3. The van der Waals surface area contributed by atoms with E-state index in [-0.39, 0.29) is 5.91 Å². The molecule has 0 atom stereocenters. The van der Waals surface area contributed by atoms with Crippen molar-refractivity contribution in [3.05, 3.63) is 0 Å². The minimum Gasteiger partial charge on any atom is -0.313 e. The zero-order valence-corrected chi connectivity index (χ0v) is 5.40. The van der Waals surface area contributed by atoms with Gasteiger partial charge >= 0.3 is 0 Å². The number of carbonyl (C=O) groups excluding carboxylic acids is 1. The molecule has 4 nitrogen and oxygen atoms in total. The van der Waals surface area contributed by atoms with Crippen LogP contribution in [0.3, 0.4) is 0 Å². The summed E-state index contributed by atoms with van der Waals surface area (Å²) in [6.45, 7) is 0. The predicted molar refractivity (Wildman–Crippen MR) is 35.2 cm³/mol. The highest BCUT2D eigenvalue weighted by molar-refractivity contribution is 5.77. The minimum absolute atomic E-state index is 0.0824. The summed E-state index contributed by atoms with van der Waals surface area (Å²) in [5.74, 6) is -0.0824. The van der Waals surface area contributed by atoms with E-state index >= 15 is 0 Å². The van der Waals surface area contributed by atoms with Crippen LogP contribution in [0.1, 0.15) is 12.8 Å². The molecular formula is C5H11N3O. The van der Waals surface area contributed by atoms with E-state index in [2.05, 4.69) is 10.9 Å². The van der Waals surface area contributed by atoms with Gasteiger partial charge in [0.05, 0.1) is 0 Å². The highest BCUT2D eigenvalue weighted by atomic mass is 16.2. The lowest BCUT2D eigenvalue weighted by Crippen LogP contribution is -2.33. The Morgan fingerprint density at radius 1 is 1.78 bits per heavy atom. The Bertz CT molecular complexity index is 102. The van der Waals surface area contributed by atoms with Gasteiger partial charge in [0.1, 0.15) is 0 Å². The maximum atomic E-state index is 10.5. The maximum absolute atomic E-state index is 10.5. The molecule has 0 unspecified atom stereocenters. The van der Waals surface area contributed by atoms with E-state index in [4.69, 9.17) is 5.41 Å². The number of rotatable bonds is 4. The standard InChI is InChI=1S/C5H11N3O/c1-7-8-5(9)3-2-4-6/h4,6-7H,2-3H2,1H3,(H,8,9).